The lowest BCUT2D eigenvalue weighted by Crippen LogP contribution is -2.54. The van der Waals surface area contributed by atoms with Crippen LogP contribution in [0.5, 0.6) is 0 Å². The van der Waals surface area contributed by atoms with Crippen LogP contribution in [-0.2, 0) is 9.53 Å². The monoisotopic (exact) mass is 395 g/mol. The molecule has 0 aliphatic carbocycles. The van der Waals surface area contributed by atoms with Crippen LogP contribution in [0.4, 0.5) is 4.79 Å². The molecule has 1 aliphatic heterocycles. The molecule has 0 saturated carbocycles. The molecule has 1 aromatic carbocycles. The largest absolute Gasteiger partial charge is 0.480 e. The predicted molar refractivity (Wildman–Crippen MR) is 106 cm³/mol. The predicted octanol–water partition coefficient (Wildman–Crippen LogP) is 1.98. The van der Waals surface area contributed by atoms with E-state index >= 15 is 0 Å². The molecule has 7 nitrogen and oxygen atoms in total. The summed E-state index contributed by atoms with van der Waals surface area (Å²) in [4.78, 5) is 28.1. The van der Waals surface area contributed by atoms with Crippen molar-refractivity contribution in [1.29, 1.82) is 0 Å². The molecule has 0 spiro atoms. The second-order valence-corrected chi connectivity index (χ2v) is 7.80. The van der Waals surface area contributed by atoms with Gasteiger partial charge in [-0.2, -0.15) is 0 Å². The lowest BCUT2D eigenvalue weighted by atomic mass is 10.2. The van der Waals surface area contributed by atoms with E-state index in [-0.39, 0.29) is 24.7 Å². The zero-order chi connectivity index (χ0) is 19.6. The van der Waals surface area contributed by atoms with Crippen LogP contribution in [0.15, 0.2) is 35.2 Å². The number of hydrogen-bond donors (Lipinski definition) is 2. The number of ether oxygens (including phenoxy) is 1. The van der Waals surface area contributed by atoms with Crippen molar-refractivity contribution in [2.45, 2.75) is 30.4 Å². The van der Waals surface area contributed by atoms with Gasteiger partial charge in [0.25, 0.3) is 0 Å². The van der Waals surface area contributed by atoms with Crippen molar-refractivity contribution in [1.82, 2.24) is 15.1 Å². The Hall–Kier alpha value is -1.77. The molecule has 0 bridgehead atoms. The maximum Gasteiger partial charge on any atom is 0.317 e. The molecule has 1 saturated heterocycles. The number of thioether (sulfide) groups is 1. The number of carbonyl (C=O) groups is 2. The summed E-state index contributed by atoms with van der Waals surface area (Å²) in [5.74, 6) is -0.0499. The Labute approximate surface area is 165 Å². The van der Waals surface area contributed by atoms with E-state index in [1.54, 1.807) is 28.6 Å². The fraction of sp³-hybridized carbons (Fsp3) is 0.579. The van der Waals surface area contributed by atoms with Crippen molar-refractivity contribution in [2.24, 2.45) is 0 Å². The van der Waals surface area contributed by atoms with E-state index in [1.807, 2.05) is 18.2 Å². The molecular weight excluding hydrogens is 366 g/mol. The summed E-state index contributed by atoms with van der Waals surface area (Å²) in [6.07, 6.45) is 0.688. The van der Waals surface area contributed by atoms with Crippen molar-refractivity contribution in [2.75, 3.05) is 45.6 Å². The summed E-state index contributed by atoms with van der Waals surface area (Å²) in [6, 6.07) is 10.2. The number of rotatable bonds is 9. The molecule has 1 fully saturated rings. The molecular formula is C19H29N3O4S. The Morgan fingerprint density at radius 1 is 1.41 bits per heavy atom. The Bertz CT molecular complexity index is 602. The van der Waals surface area contributed by atoms with E-state index in [1.165, 1.54) is 4.90 Å². The van der Waals surface area contributed by atoms with Gasteiger partial charge in [-0.15, -0.1) is 11.8 Å². The van der Waals surface area contributed by atoms with Gasteiger partial charge in [-0.1, -0.05) is 25.1 Å². The molecule has 0 aromatic heterocycles. The first kappa shape index (κ1) is 21.5. The number of nitrogens with one attached hydrogen (secondary N) is 1. The quantitative estimate of drug-likeness (QED) is 0.622. The summed E-state index contributed by atoms with van der Waals surface area (Å²) >= 11 is 1.74. The number of likely N-dealkylation sites (N-methyl/N-ethyl adjacent to an activating group) is 1. The van der Waals surface area contributed by atoms with Gasteiger partial charge >= 0.3 is 12.0 Å². The average Bonchev–Trinajstić information content (AvgIpc) is 2.65. The first-order valence-corrected chi connectivity index (χ1v) is 10.2. The number of amides is 2. The maximum absolute atomic E-state index is 12.6. The minimum absolute atomic E-state index is 0.0410. The minimum atomic E-state index is -0.871. The van der Waals surface area contributed by atoms with Gasteiger partial charge in [0.1, 0.15) is 0 Å². The molecule has 2 N–H and O–H groups in total. The van der Waals surface area contributed by atoms with Crippen LogP contribution in [0, 0.1) is 0 Å². The van der Waals surface area contributed by atoms with Crippen LogP contribution >= 0.6 is 11.8 Å². The maximum atomic E-state index is 12.6. The van der Waals surface area contributed by atoms with Crippen molar-refractivity contribution in [3.63, 3.8) is 0 Å². The van der Waals surface area contributed by atoms with Crippen LogP contribution in [-0.4, -0.2) is 84.6 Å². The van der Waals surface area contributed by atoms with Gasteiger partial charge in [0.2, 0.25) is 0 Å². The van der Waals surface area contributed by atoms with Gasteiger partial charge in [0, 0.05) is 36.3 Å². The van der Waals surface area contributed by atoms with Crippen molar-refractivity contribution < 1.29 is 19.4 Å². The third kappa shape index (κ3) is 7.78. The first-order valence-electron chi connectivity index (χ1n) is 9.23. The van der Waals surface area contributed by atoms with E-state index in [4.69, 9.17) is 9.84 Å². The van der Waals surface area contributed by atoms with Crippen molar-refractivity contribution >= 4 is 23.8 Å². The number of hydrogen-bond acceptors (Lipinski definition) is 5. The van der Waals surface area contributed by atoms with E-state index < -0.39 is 5.97 Å². The Balaban J connectivity index is 1.79. The highest BCUT2D eigenvalue weighted by Crippen LogP contribution is 2.19. The third-order valence-electron chi connectivity index (χ3n) is 4.36. The summed E-state index contributed by atoms with van der Waals surface area (Å²) in [6.45, 7) is 4.00. The van der Waals surface area contributed by atoms with E-state index in [2.05, 4.69) is 24.4 Å². The molecule has 0 radical (unpaired) electrons. The molecule has 1 aliphatic rings. The topological polar surface area (TPSA) is 82.1 Å². The third-order valence-corrected chi connectivity index (χ3v) is 5.54. The first-order chi connectivity index (χ1) is 13.0. The van der Waals surface area contributed by atoms with Crippen LogP contribution < -0.4 is 5.32 Å². The van der Waals surface area contributed by atoms with Crippen molar-refractivity contribution in [3.8, 4) is 0 Å². The Morgan fingerprint density at radius 2 is 2.15 bits per heavy atom. The molecule has 2 unspecified atom stereocenters. The van der Waals surface area contributed by atoms with Crippen LogP contribution in [0.2, 0.25) is 0 Å². The normalized spacial score (nSPS) is 18.3. The van der Waals surface area contributed by atoms with Gasteiger partial charge in [-0.25, -0.2) is 4.79 Å². The van der Waals surface area contributed by atoms with Crippen LogP contribution in [0.3, 0.4) is 0 Å². The standard InChI is InChI=1S/C19H29N3O4S/c1-3-15(14-27-17-7-5-4-6-8-17)20-19(25)22-9-10-26-16(12-22)11-21(2)13-18(23)24/h4-8,15-16H,3,9-14H2,1-2H3,(H,20,25)(H,23,24). The number of urea groups is 1. The summed E-state index contributed by atoms with van der Waals surface area (Å²) < 4.78 is 5.69. The molecule has 8 heteroatoms. The number of benzene rings is 1. The minimum Gasteiger partial charge on any atom is -0.480 e. The van der Waals surface area contributed by atoms with E-state index in [0.717, 1.165) is 12.2 Å². The van der Waals surface area contributed by atoms with Crippen LogP contribution in [0.1, 0.15) is 13.3 Å². The number of aliphatic carboxylic acids is 1. The second-order valence-electron chi connectivity index (χ2n) is 6.71. The molecule has 150 valence electrons. The summed E-state index contributed by atoms with van der Waals surface area (Å²) in [5.41, 5.74) is 0. The SMILES string of the molecule is CCC(CSc1ccccc1)NC(=O)N1CCOC(CN(C)CC(=O)O)C1. The highest BCUT2D eigenvalue weighted by molar-refractivity contribution is 7.99. The Kier molecular flexibility index (Phi) is 8.90. The molecule has 27 heavy (non-hydrogen) atoms. The lowest BCUT2D eigenvalue weighted by Gasteiger charge is -2.35. The van der Waals surface area contributed by atoms with Crippen molar-refractivity contribution in [3.05, 3.63) is 30.3 Å². The molecule has 2 rings (SSSR count). The van der Waals surface area contributed by atoms with E-state index in [9.17, 15) is 9.59 Å². The fourth-order valence-corrected chi connectivity index (χ4v) is 3.96. The Morgan fingerprint density at radius 3 is 2.81 bits per heavy atom. The summed E-state index contributed by atoms with van der Waals surface area (Å²) in [7, 11) is 1.74. The second kappa shape index (κ2) is 11.2. The number of nitrogens with zero attached hydrogens (tertiary/aromatic N) is 2. The number of carbonyl (C=O) groups excluding carboxylic acids is 1. The van der Waals surface area contributed by atoms with Gasteiger partial charge < -0.3 is 20.1 Å². The molecule has 1 heterocycles. The number of morpholine rings is 1. The number of carboxylic acid groups (broad SMARTS) is 1. The smallest absolute Gasteiger partial charge is 0.317 e. The zero-order valence-corrected chi connectivity index (χ0v) is 16.8. The highest BCUT2D eigenvalue weighted by atomic mass is 32.2. The highest BCUT2D eigenvalue weighted by Gasteiger charge is 2.26. The molecule has 1 aromatic rings. The van der Waals surface area contributed by atoms with Gasteiger partial charge in [-0.05, 0) is 25.6 Å². The van der Waals surface area contributed by atoms with E-state index in [0.29, 0.717) is 26.2 Å². The van der Waals surface area contributed by atoms with Crippen LogP contribution in [0.25, 0.3) is 0 Å². The zero-order valence-electron chi connectivity index (χ0n) is 16.0. The molecule has 2 atom stereocenters. The molecule has 2 amide bonds. The van der Waals surface area contributed by atoms with Gasteiger partial charge in [0.05, 0.1) is 19.3 Å². The van der Waals surface area contributed by atoms with Gasteiger partial charge in [-0.3, -0.25) is 9.69 Å². The lowest BCUT2D eigenvalue weighted by molar-refractivity contribution is -0.138. The number of carboxylic acids is 1. The fourth-order valence-electron chi connectivity index (χ4n) is 2.90. The van der Waals surface area contributed by atoms with Gasteiger partial charge in [0.15, 0.2) is 0 Å². The average molecular weight is 396 g/mol. The summed E-state index contributed by atoms with van der Waals surface area (Å²) in [5, 5.41) is 12.0.